The number of benzene rings is 1. The summed E-state index contributed by atoms with van der Waals surface area (Å²) < 4.78 is 18.4. The lowest BCUT2D eigenvalue weighted by Gasteiger charge is -2.37. The number of aliphatic hydroxyl groups is 1. The van der Waals surface area contributed by atoms with Crippen molar-refractivity contribution in [3.8, 4) is 0 Å². The number of carbonyl (C=O) groups is 1. The molecule has 0 radical (unpaired) electrons. The van der Waals surface area contributed by atoms with E-state index in [4.69, 9.17) is 4.74 Å². The number of nitrogens with zero attached hydrogens (tertiary/aromatic N) is 1. The molecule has 5 heteroatoms. The molecular weight excluding hydrogens is 273 g/mol. The van der Waals surface area contributed by atoms with E-state index in [1.807, 2.05) is 20.8 Å². The molecule has 2 atom stereocenters. The molecule has 21 heavy (non-hydrogen) atoms. The van der Waals surface area contributed by atoms with Crippen molar-refractivity contribution in [3.05, 3.63) is 35.6 Å². The molecule has 1 fully saturated rings. The third-order valence-electron chi connectivity index (χ3n) is 3.53. The Morgan fingerprint density at radius 2 is 1.95 bits per heavy atom. The van der Waals surface area contributed by atoms with Crippen LogP contribution in [0.5, 0.6) is 0 Å². The second kappa shape index (κ2) is 6.02. The molecule has 2 unspecified atom stereocenters. The molecule has 0 saturated carbocycles. The summed E-state index contributed by atoms with van der Waals surface area (Å²) in [4.78, 5) is 13.7. The molecule has 4 nitrogen and oxygen atoms in total. The van der Waals surface area contributed by atoms with Gasteiger partial charge in [-0.3, -0.25) is 0 Å². The van der Waals surface area contributed by atoms with E-state index >= 15 is 0 Å². The number of hydrogen-bond donors (Lipinski definition) is 1. The van der Waals surface area contributed by atoms with E-state index in [1.165, 1.54) is 12.1 Å². The highest BCUT2D eigenvalue weighted by atomic mass is 19.1. The van der Waals surface area contributed by atoms with Crippen molar-refractivity contribution in [3.63, 3.8) is 0 Å². The smallest absolute Gasteiger partial charge is 0.410 e. The van der Waals surface area contributed by atoms with Crippen LogP contribution >= 0.6 is 0 Å². The number of piperidine rings is 1. The third-order valence-corrected chi connectivity index (χ3v) is 3.53. The molecule has 0 bridgehead atoms. The van der Waals surface area contributed by atoms with Gasteiger partial charge in [0.05, 0.1) is 6.10 Å². The largest absolute Gasteiger partial charge is 0.444 e. The van der Waals surface area contributed by atoms with Crippen LogP contribution < -0.4 is 0 Å². The normalized spacial score (nSPS) is 23.0. The van der Waals surface area contributed by atoms with Crippen LogP contribution in [0.15, 0.2) is 24.3 Å². The Morgan fingerprint density at radius 3 is 2.52 bits per heavy atom. The van der Waals surface area contributed by atoms with Gasteiger partial charge >= 0.3 is 6.09 Å². The molecule has 1 saturated heterocycles. The Balaban J connectivity index is 2.09. The molecule has 2 rings (SSSR count). The number of hydrogen-bond acceptors (Lipinski definition) is 3. The topological polar surface area (TPSA) is 49.8 Å². The van der Waals surface area contributed by atoms with Gasteiger partial charge < -0.3 is 14.7 Å². The quantitative estimate of drug-likeness (QED) is 0.866. The number of halogens is 1. The fourth-order valence-corrected chi connectivity index (χ4v) is 2.47. The highest BCUT2D eigenvalue weighted by molar-refractivity contribution is 5.68. The summed E-state index contributed by atoms with van der Waals surface area (Å²) in [5.41, 5.74) is 0.288. The van der Waals surface area contributed by atoms with Gasteiger partial charge in [-0.15, -0.1) is 0 Å². The summed E-state index contributed by atoms with van der Waals surface area (Å²) >= 11 is 0. The minimum absolute atomic E-state index is 0.216. The lowest BCUT2D eigenvalue weighted by Crippen LogP contribution is -2.46. The Hall–Kier alpha value is -1.62. The van der Waals surface area contributed by atoms with E-state index in [0.717, 1.165) is 5.56 Å². The Kier molecular flexibility index (Phi) is 4.52. The minimum Gasteiger partial charge on any atom is -0.444 e. The van der Waals surface area contributed by atoms with Gasteiger partial charge in [0.1, 0.15) is 11.4 Å². The molecule has 1 aliphatic rings. The van der Waals surface area contributed by atoms with Gasteiger partial charge in [-0.25, -0.2) is 9.18 Å². The van der Waals surface area contributed by atoms with Gasteiger partial charge in [-0.1, -0.05) is 12.1 Å². The molecule has 1 aromatic carbocycles. The van der Waals surface area contributed by atoms with Crippen LogP contribution in [0.1, 0.15) is 38.7 Å². The van der Waals surface area contributed by atoms with Crippen molar-refractivity contribution in [2.24, 2.45) is 0 Å². The van der Waals surface area contributed by atoms with Gasteiger partial charge in [0, 0.05) is 19.0 Å². The lowest BCUT2D eigenvalue weighted by atomic mass is 9.88. The maximum atomic E-state index is 13.0. The molecule has 1 amide bonds. The van der Waals surface area contributed by atoms with Crippen LogP contribution in [-0.2, 0) is 4.74 Å². The number of rotatable bonds is 1. The molecule has 1 heterocycles. The Morgan fingerprint density at radius 1 is 1.33 bits per heavy atom. The van der Waals surface area contributed by atoms with Crippen LogP contribution in [0.4, 0.5) is 9.18 Å². The van der Waals surface area contributed by atoms with Crippen LogP contribution in [0.2, 0.25) is 0 Å². The zero-order chi connectivity index (χ0) is 15.6. The average molecular weight is 295 g/mol. The van der Waals surface area contributed by atoms with Crippen LogP contribution in [0.25, 0.3) is 0 Å². The Labute approximate surface area is 124 Å². The minimum atomic E-state index is -0.543. The van der Waals surface area contributed by atoms with Gasteiger partial charge in [-0.2, -0.15) is 0 Å². The lowest BCUT2D eigenvalue weighted by molar-refractivity contribution is 0.00406. The fraction of sp³-hybridized carbons (Fsp3) is 0.562. The number of likely N-dealkylation sites (tertiary alicyclic amines) is 1. The zero-order valence-corrected chi connectivity index (χ0v) is 12.7. The maximum absolute atomic E-state index is 13.0. The van der Waals surface area contributed by atoms with Crippen molar-refractivity contribution < 1.29 is 19.0 Å². The van der Waals surface area contributed by atoms with E-state index in [9.17, 15) is 14.3 Å². The van der Waals surface area contributed by atoms with E-state index in [2.05, 4.69) is 0 Å². The first-order chi connectivity index (χ1) is 9.76. The van der Waals surface area contributed by atoms with Crippen molar-refractivity contribution >= 4 is 6.09 Å². The third kappa shape index (κ3) is 4.17. The predicted molar refractivity (Wildman–Crippen MR) is 77.6 cm³/mol. The summed E-state index contributed by atoms with van der Waals surface area (Å²) in [7, 11) is 0. The molecule has 0 aliphatic carbocycles. The second-order valence-electron chi connectivity index (χ2n) is 6.44. The first-order valence-corrected chi connectivity index (χ1v) is 7.18. The molecular formula is C16H22FNO3. The van der Waals surface area contributed by atoms with E-state index in [1.54, 1.807) is 17.0 Å². The van der Waals surface area contributed by atoms with Crippen LogP contribution in [0, 0.1) is 5.82 Å². The van der Waals surface area contributed by atoms with Gasteiger partial charge in [0.15, 0.2) is 0 Å². The fourth-order valence-electron chi connectivity index (χ4n) is 2.47. The van der Waals surface area contributed by atoms with E-state index in [0.29, 0.717) is 19.5 Å². The number of aliphatic hydroxyl groups excluding tert-OH is 1. The highest BCUT2D eigenvalue weighted by Gasteiger charge is 2.33. The number of amides is 1. The van der Waals surface area contributed by atoms with E-state index < -0.39 is 11.7 Å². The van der Waals surface area contributed by atoms with Crippen molar-refractivity contribution in [2.75, 3.05) is 13.1 Å². The standard InChI is InChI=1S/C16H22FNO3/c1-16(2,3)21-15(20)18-9-8-14(19)13(10-18)11-4-6-12(17)7-5-11/h4-7,13-14,19H,8-10H2,1-3H3. The van der Waals surface area contributed by atoms with E-state index in [-0.39, 0.29) is 17.8 Å². The molecule has 1 N–H and O–H groups in total. The van der Waals surface area contributed by atoms with Crippen LogP contribution in [-0.4, -0.2) is 40.9 Å². The first-order valence-electron chi connectivity index (χ1n) is 7.18. The highest BCUT2D eigenvalue weighted by Crippen LogP contribution is 2.28. The molecule has 1 aliphatic heterocycles. The predicted octanol–water partition coefficient (Wildman–Crippen LogP) is 2.91. The summed E-state index contributed by atoms with van der Waals surface area (Å²) in [6, 6.07) is 6.05. The molecule has 116 valence electrons. The van der Waals surface area contributed by atoms with Crippen molar-refractivity contribution in [1.82, 2.24) is 4.90 Å². The molecule has 0 spiro atoms. The maximum Gasteiger partial charge on any atom is 0.410 e. The van der Waals surface area contributed by atoms with Gasteiger partial charge in [-0.05, 0) is 44.9 Å². The first kappa shape index (κ1) is 15.8. The average Bonchev–Trinajstić information content (AvgIpc) is 2.38. The van der Waals surface area contributed by atoms with Crippen LogP contribution in [0.3, 0.4) is 0 Å². The summed E-state index contributed by atoms with van der Waals surface area (Å²) in [5.74, 6) is -0.528. The Bertz CT molecular complexity index is 495. The second-order valence-corrected chi connectivity index (χ2v) is 6.44. The zero-order valence-electron chi connectivity index (χ0n) is 12.7. The van der Waals surface area contributed by atoms with Gasteiger partial charge in [0.2, 0.25) is 0 Å². The number of carbonyl (C=O) groups excluding carboxylic acids is 1. The summed E-state index contributed by atoms with van der Waals surface area (Å²) in [5, 5.41) is 10.2. The molecule has 0 aromatic heterocycles. The molecule has 1 aromatic rings. The summed E-state index contributed by atoms with van der Waals surface area (Å²) in [6.07, 6.45) is -0.419. The van der Waals surface area contributed by atoms with Gasteiger partial charge in [0.25, 0.3) is 0 Å². The van der Waals surface area contributed by atoms with Crippen molar-refractivity contribution in [1.29, 1.82) is 0 Å². The van der Waals surface area contributed by atoms with Crippen molar-refractivity contribution in [2.45, 2.75) is 44.8 Å². The SMILES string of the molecule is CC(C)(C)OC(=O)N1CCC(O)C(c2ccc(F)cc2)C1. The monoisotopic (exact) mass is 295 g/mol. The number of ether oxygens (including phenoxy) is 1. The summed E-state index contributed by atoms with van der Waals surface area (Å²) in [6.45, 7) is 6.30.